The lowest BCUT2D eigenvalue weighted by atomic mass is 10.1. The van der Waals surface area contributed by atoms with E-state index < -0.39 is 0 Å². The number of amides is 1. The fraction of sp³-hybridized carbons (Fsp3) is 0.238. The molecule has 6 heteroatoms. The Morgan fingerprint density at radius 2 is 2.04 bits per heavy atom. The smallest absolute Gasteiger partial charge is 0.407 e. The third-order valence-corrected chi connectivity index (χ3v) is 4.63. The maximum Gasteiger partial charge on any atom is 0.407 e. The second-order valence-electron chi connectivity index (χ2n) is 6.59. The lowest BCUT2D eigenvalue weighted by Crippen LogP contribution is -2.23. The predicted octanol–water partition coefficient (Wildman–Crippen LogP) is 3.74. The van der Waals surface area contributed by atoms with Crippen LogP contribution in [0.15, 0.2) is 48.5 Å². The van der Waals surface area contributed by atoms with Gasteiger partial charge in [-0.25, -0.2) is 9.78 Å². The molecule has 1 atom stereocenters. The minimum atomic E-state index is -0.369. The minimum Gasteiger partial charge on any atom is -0.497 e. The molecule has 6 nitrogen and oxygen atoms in total. The van der Waals surface area contributed by atoms with Crippen molar-refractivity contribution in [3.63, 3.8) is 0 Å². The molecule has 0 bridgehead atoms. The van der Waals surface area contributed by atoms with Crippen molar-refractivity contribution in [2.45, 2.75) is 13.0 Å². The Balaban J connectivity index is 1.72. The number of nitrogens with zero attached hydrogens (tertiary/aromatic N) is 1. The number of pyridine rings is 1. The summed E-state index contributed by atoms with van der Waals surface area (Å²) in [6.07, 6.45) is -0.562. The van der Waals surface area contributed by atoms with Gasteiger partial charge in [0.1, 0.15) is 11.9 Å². The van der Waals surface area contributed by atoms with Crippen LogP contribution in [0.5, 0.6) is 5.75 Å². The molecule has 1 aliphatic heterocycles. The predicted molar refractivity (Wildman–Crippen MR) is 105 cm³/mol. The van der Waals surface area contributed by atoms with Crippen molar-refractivity contribution in [3.05, 3.63) is 54.1 Å². The summed E-state index contributed by atoms with van der Waals surface area (Å²) in [7, 11) is 1.64. The number of benzene rings is 2. The number of hydrogen-bond donors (Lipinski definition) is 2. The Morgan fingerprint density at radius 1 is 1.22 bits per heavy atom. The molecule has 2 N–H and O–H groups in total. The number of ether oxygens (including phenoxy) is 2. The van der Waals surface area contributed by atoms with E-state index in [1.165, 1.54) is 5.56 Å². The zero-order valence-corrected chi connectivity index (χ0v) is 15.3. The maximum atomic E-state index is 11.2. The van der Waals surface area contributed by atoms with Crippen molar-refractivity contribution < 1.29 is 14.3 Å². The lowest BCUT2D eigenvalue weighted by molar-refractivity contribution is 0.145. The van der Waals surface area contributed by atoms with Gasteiger partial charge in [-0.05, 0) is 25.1 Å². The molecule has 1 aliphatic rings. The SMILES string of the molecule is COc1ccc2c(NC[C@H]3CNC(=O)O3)cc(-c3ccc(C)cc3)nc2c1. The number of carbonyl (C=O) groups is 1. The van der Waals surface area contributed by atoms with E-state index in [-0.39, 0.29) is 12.2 Å². The van der Waals surface area contributed by atoms with Crippen LogP contribution in [0.4, 0.5) is 10.5 Å². The molecule has 138 valence electrons. The topological polar surface area (TPSA) is 72.5 Å². The third-order valence-electron chi connectivity index (χ3n) is 4.63. The summed E-state index contributed by atoms with van der Waals surface area (Å²) < 4.78 is 10.6. The van der Waals surface area contributed by atoms with E-state index in [9.17, 15) is 4.79 Å². The second-order valence-corrected chi connectivity index (χ2v) is 6.59. The van der Waals surface area contributed by atoms with Gasteiger partial charge in [0, 0.05) is 22.7 Å². The molecule has 0 spiro atoms. The number of aryl methyl sites for hydroxylation is 1. The van der Waals surface area contributed by atoms with Gasteiger partial charge in [-0.15, -0.1) is 0 Å². The number of anilines is 1. The summed E-state index contributed by atoms with van der Waals surface area (Å²) in [6, 6.07) is 16.1. The summed E-state index contributed by atoms with van der Waals surface area (Å²) in [6.45, 7) is 3.09. The van der Waals surface area contributed by atoms with Crippen LogP contribution in [0.3, 0.4) is 0 Å². The van der Waals surface area contributed by atoms with Crippen molar-refractivity contribution in [2.75, 3.05) is 25.5 Å². The molecular weight excluding hydrogens is 342 g/mol. The average Bonchev–Trinajstić information content (AvgIpc) is 3.11. The second kappa shape index (κ2) is 7.15. The molecule has 27 heavy (non-hydrogen) atoms. The number of methoxy groups -OCH3 is 1. The first-order valence-electron chi connectivity index (χ1n) is 8.86. The number of fused-ring (bicyclic) bond motifs is 1. The molecule has 1 amide bonds. The monoisotopic (exact) mass is 363 g/mol. The van der Waals surface area contributed by atoms with Gasteiger partial charge in [-0.1, -0.05) is 29.8 Å². The molecule has 2 aromatic carbocycles. The van der Waals surface area contributed by atoms with Crippen LogP contribution in [0, 0.1) is 6.92 Å². The van der Waals surface area contributed by atoms with Crippen molar-refractivity contribution >= 4 is 22.7 Å². The number of rotatable bonds is 5. The van der Waals surface area contributed by atoms with E-state index in [0.717, 1.165) is 33.6 Å². The van der Waals surface area contributed by atoms with Gasteiger partial charge in [0.05, 0.1) is 31.4 Å². The van der Waals surface area contributed by atoms with Crippen LogP contribution >= 0.6 is 0 Å². The van der Waals surface area contributed by atoms with Crippen LogP contribution in [0.1, 0.15) is 5.56 Å². The number of alkyl carbamates (subject to hydrolysis) is 1. The molecule has 0 radical (unpaired) electrons. The van der Waals surface area contributed by atoms with Crippen LogP contribution in [0.25, 0.3) is 22.2 Å². The average molecular weight is 363 g/mol. The van der Waals surface area contributed by atoms with Crippen molar-refractivity contribution in [1.29, 1.82) is 0 Å². The van der Waals surface area contributed by atoms with Gasteiger partial charge in [0.2, 0.25) is 0 Å². The molecule has 3 aromatic rings. The summed E-state index contributed by atoms with van der Waals surface area (Å²) in [5, 5.41) is 7.07. The van der Waals surface area contributed by atoms with Crippen LogP contribution in [0.2, 0.25) is 0 Å². The molecule has 2 heterocycles. The van der Waals surface area contributed by atoms with Gasteiger partial charge in [-0.3, -0.25) is 0 Å². The highest BCUT2D eigenvalue weighted by Crippen LogP contribution is 2.31. The van der Waals surface area contributed by atoms with E-state index in [4.69, 9.17) is 14.5 Å². The molecular formula is C21H21N3O3. The maximum absolute atomic E-state index is 11.2. The number of carbonyl (C=O) groups excluding carboxylic acids is 1. The highest BCUT2D eigenvalue weighted by Gasteiger charge is 2.22. The normalized spacial score (nSPS) is 16.1. The number of hydrogen-bond acceptors (Lipinski definition) is 5. The zero-order valence-electron chi connectivity index (χ0n) is 15.3. The van der Waals surface area contributed by atoms with E-state index in [1.54, 1.807) is 7.11 Å². The number of nitrogens with one attached hydrogen (secondary N) is 2. The van der Waals surface area contributed by atoms with Crippen LogP contribution in [-0.4, -0.2) is 37.4 Å². The molecule has 0 aliphatic carbocycles. The van der Waals surface area contributed by atoms with Gasteiger partial charge in [-0.2, -0.15) is 0 Å². The quantitative estimate of drug-likeness (QED) is 0.722. The Kier molecular flexibility index (Phi) is 4.54. The van der Waals surface area contributed by atoms with E-state index >= 15 is 0 Å². The van der Waals surface area contributed by atoms with Gasteiger partial charge < -0.3 is 20.1 Å². The largest absolute Gasteiger partial charge is 0.497 e. The molecule has 1 aromatic heterocycles. The van der Waals surface area contributed by atoms with E-state index in [2.05, 4.69) is 41.8 Å². The molecule has 4 rings (SSSR count). The Labute approximate surface area is 157 Å². The number of cyclic esters (lactones) is 1. The van der Waals surface area contributed by atoms with E-state index in [1.807, 2.05) is 24.3 Å². The van der Waals surface area contributed by atoms with Crippen LogP contribution in [-0.2, 0) is 4.74 Å². The van der Waals surface area contributed by atoms with Gasteiger partial charge in [0.15, 0.2) is 0 Å². The first-order chi connectivity index (χ1) is 13.1. The Hall–Kier alpha value is -3.28. The summed E-state index contributed by atoms with van der Waals surface area (Å²) in [5.41, 5.74) is 4.91. The molecule has 1 fully saturated rings. The summed E-state index contributed by atoms with van der Waals surface area (Å²) in [5.74, 6) is 0.760. The molecule has 0 saturated carbocycles. The van der Waals surface area contributed by atoms with Gasteiger partial charge in [0.25, 0.3) is 0 Å². The molecule has 0 unspecified atom stereocenters. The Bertz CT molecular complexity index is 986. The van der Waals surface area contributed by atoms with Crippen molar-refractivity contribution in [2.24, 2.45) is 0 Å². The Morgan fingerprint density at radius 3 is 2.74 bits per heavy atom. The summed E-state index contributed by atoms with van der Waals surface area (Å²) >= 11 is 0. The fourth-order valence-corrected chi connectivity index (χ4v) is 3.12. The standard InChI is InChI=1S/C21H21N3O3/c1-13-3-5-14(6-4-13)18-10-19(22-11-16-12-23-21(25)27-16)17-8-7-15(26-2)9-20(17)24-18/h3-10,16H,11-12H2,1-2H3,(H,22,24)(H,23,25)/t16-/m0/s1. The lowest BCUT2D eigenvalue weighted by Gasteiger charge is -2.15. The first kappa shape index (κ1) is 17.1. The fourth-order valence-electron chi connectivity index (χ4n) is 3.12. The van der Waals surface area contributed by atoms with Gasteiger partial charge >= 0.3 is 6.09 Å². The van der Waals surface area contributed by atoms with Crippen molar-refractivity contribution in [3.8, 4) is 17.0 Å². The van der Waals surface area contributed by atoms with Crippen molar-refractivity contribution in [1.82, 2.24) is 10.3 Å². The highest BCUT2D eigenvalue weighted by atomic mass is 16.6. The molecule has 1 saturated heterocycles. The summed E-state index contributed by atoms with van der Waals surface area (Å²) in [4.78, 5) is 16.0. The van der Waals surface area contributed by atoms with Crippen LogP contribution < -0.4 is 15.4 Å². The van der Waals surface area contributed by atoms with E-state index in [0.29, 0.717) is 13.1 Å². The highest BCUT2D eigenvalue weighted by molar-refractivity contribution is 5.94. The number of aromatic nitrogens is 1. The minimum absolute atomic E-state index is 0.193. The zero-order chi connectivity index (χ0) is 18.8. The first-order valence-corrected chi connectivity index (χ1v) is 8.86. The third kappa shape index (κ3) is 3.65.